The number of amides is 1. The van der Waals surface area contributed by atoms with E-state index in [9.17, 15) is 4.79 Å². The Bertz CT molecular complexity index is 450. The average Bonchev–Trinajstić information content (AvgIpc) is 2.46. The molecular weight excluding hydrogens is 314 g/mol. The molecule has 0 radical (unpaired) electrons. The number of nitrogens with zero attached hydrogens (tertiary/aromatic N) is 2. The van der Waals surface area contributed by atoms with Gasteiger partial charge in [0.05, 0.1) is 19.9 Å². The van der Waals surface area contributed by atoms with E-state index in [1.807, 2.05) is 0 Å². The molecule has 1 fully saturated rings. The summed E-state index contributed by atoms with van der Waals surface area (Å²) in [7, 11) is 1.53. The normalized spacial score (nSPS) is 16.1. The second-order valence-corrected chi connectivity index (χ2v) is 5.07. The molecule has 2 rings (SSSR count). The fraction of sp³-hybridized carbons (Fsp3) is 0.583. The molecule has 1 saturated heterocycles. The van der Waals surface area contributed by atoms with Crippen LogP contribution in [0, 0.1) is 5.92 Å². The van der Waals surface area contributed by atoms with Crippen LogP contribution in [0.15, 0.2) is 10.8 Å². The van der Waals surface area contributed by atoms with E-state index in [1.54, 1.807) is 6.20 Å². The highest BCUT2D eigenvalue weighted by Gasteiger charge is 2.21. The average molecular weight is 330 g/mol. The minimum atomic E-state index is 0.0307. The van der Waals surface area contributed by atoms with E-state index in [0.29, 0.717) is 35.9 Å². The molecule has 0 atom stereocenters. The number of aromatic nitrogens is 2. The standard InChI is InChI=1S/C12H16BrN3O3/c1-18-12-9(14-7-10(13)16-12)6-15-11(17)8-2-4-19-5-3-8/h7-8H,2-6H2,1H3,(H,15,17). The summed E-state index contributed by atoms with van der Waals surface area (Å²) < 4.78 is 11.0. The summed E-state index contributed by atoms with van der Waals surface area (Å²) in [6.07, 6.45) is 3.13. The number of rotatable bonds is 4. The molecule has 19 heavy (non-hydrogen) atoms. The van der Waals surface area contributed by atoms with Crippen LogP contribution in [0.1, 0.15) is 18.5 Å². The van der Waals surface area contributed by atoms with Crippen LogP contribution in [0.25, 0.3) is 0 Å². The maximum Gasteiger partial charge on any atom is 0.238 e. The summed E-state index contributed by atoms with van der Waals surface area (Å²) in [4.78, 5) is 20.3. The van der Waals surface area contributed by atoms with Crippen LogP contribution < -0.4 is 10.1 Å². The first-order chi connectivity index (χ1) is 9.20. The van der Waals surface area contributed by atoms with Gasteiger partial charge in [0.15, 0.2) is 0 Å². The first kappa shape index (κ1) is 14.2. The molecule has 0 aromatic carbocycles. The Morgan fingerprint density at radius 1 is 1.58 bits per heavy atom. The minimum absolute atomic E-state index is 0.0307. The monoisotopic (exact) mass is 329 g/mol. The summed E-state index contributed by atoms with van der Waals surface area (Å²) in [5.41, 5.74) is 0.617. The number of ether oxygens (including phenoxy) is 2. The molecule has 1 N–H and O–H groups in total. The van der Waals surface area contributed by atoms with Crippen molar-refractivity contribution in [2.75, 3.05) is 20.3 Å². The van der Waals surface area contributed by atoms with Crippen LogP contribution in [0.2, 0.25) is 0 Å². The molecule has 0 aliphatic carbocycles. The van der Waals surface area contributed by atoms with E-state index in [4.69, 9.17) is 9.47 Å². The predicted octanol–water partition coefficient (Wildman–Crippen LogP) is 1.29. The number of methoxy groups -OCH3 is 1. The number of halogens is 1. The molecule has 2 heterocycles. The minimum Gasteiger partial charge on any atom is -0.480 e. The number of hydrogen-bond acceptors (Lipinski definition) is 5. The summed E-state index contributed by atoms with van der Waals surface area (Å²) >= 11 is 3.22. The molecule has 0 spiro atoms. The zero-order valence-corrected chi connectivity index (χ0v) is 12.3. The lowest BCUT2D eigenvalue weighted by atomic mass is 9.99. The van der Waals surface area contributed by atoms with E-state index in [2.05, 4.69) is 31.2 Å². The fourth-order valence-corrected chi connectivity index (χ4v) is 2.20. The first-order valence-corrected chi connectivity index (χ1v) is 6.91. The third-order valence-corrected chi connectivity index (χ3v) is 3.38. The Kier molecular flexibility index (Phi) is 5.09. The molecule has 1 aromatic heterocycles. The quantitative estimate of drug-likeness (QED) is 0.901. The van der Waals surface area contributed by atoms with Crippen LogP contribution in [-0.2, 0) is 16.1 Å². The van der Waals surface area contributed by atoms with Gasteiger partial charge >= 0.3 is 0 Å². The van der Waals surface area contributed by atoms with Crippen molar-refractivity contribution >= 4 is 21.8 Å². The lowest BCUT2D eigenvalue weighted by Crippen LogP contribution is -2.34. The van der Waals surface area contributed by atoms with Gasteiger partial charge in [-0.2, -0.15) is 0 Å². The van der Waals surface area contributed by atoms with Gasteiger partial charge in [-0.15, -0.1) is 0 Å². The van der Waals surface area contributed by atoms with E-state index in [0.717, 1.165) is 12.8 Å². The predicted molar refractivity (Wildman–Crippen MR) is 71.7 cm³/mol. The van der Waals surface area contributed by atoms with Crippen molar-refractivity contribution in [3.63, 3.8) is 0 Å². The summed E-state index contributed by atoms with van der Waals surface area (Å²) in [6, 6.07) is 0. The van der Waals surface area contributed by atoms with Crippen molar-refractivity contribution in [2.45, 2.75) is 19.4 Å². The third-order valence-electron chi connectivity index (χ3n) is 3.00. The van der Waals surface area contributed by atoms with Gasteiger partial charge in [-0.25, -0.2) is 4.98 Å². The molecule has 1 amide bonds. The largest absolute Gasteiger partial charge is 0.480 e. The maximum absolute atomic E-state index is 12.0. The number of carbonyl (C=O) groups is 1. The maximum atomic E-state index is 12.0. The van der Waals surface area contributed by atoms with Crippen molar-refractivity contribution in [1.82, 2.24) is 15.3 Å². The highest BCUT2D eigenvalue weighted by molar-refractivity contribution is 9.10. The van der Waals surface area contributed by atoms with Gasteiger partial charge < -0.3 is 14.8 Å². The Labute approximate surface area is 120 Å². The smallest absolute Gasteiger partial charge is 0.238 e. The van der Waals surface area contributed by atoms with Crippen LogP contribution in [0.3, 0.4) is 0 Å². The highest BCUT2D eigenvalue weighted by Crippen LogP contribution is 2.17. The SMILES string of the molecule is COc1nc(Br)cnc1CNC(=O)C1CCOCC1. The molecule has 1 aromatic rings. The Balaban J connectivity index is 1.92. The molecular formula is C12H16BrN3O3. The van der Waals surface area contributed by atoms with E-state index in [1.165, 1.54) is 7.11 Å². The summed E-state index contributed by atoms with van der Waals surface area (Å²) in [5.74, 6) is 0.486. The topological polar surface area (TPSA) is 73.3 Å². The lowest BCUT2D eigenvalue weighted by Gasteiger charge is -2.21. The highest BCUT2D eigenvalue weighted by atomic mass is 79.9. The van der Waals surface area contributed by atoms with E-state index < -0.39 is 0 Å². The molecule has 104 valence electrons. The number of hydrogen-bond donors (Lipinski definition) is 1. The van der Waals surface area contributed by atoms with Crippen LogP contribution in [-0.4, -0.2) is 36.2 Å². The van der Waals surface area contributed by atoms with Gasteiger partial charge in [0.25, 0.3) is 0 Å². The molecule has 0 unspecified atom stereocenters. The molecule has 6 nitrogen and oxygen atoms in total. The summed E-state index contributed by atoms with van der Waals surface area (Å²) in [5, 5.41) is 2.87. The molecule has 1 aliphatic rings. The van der Waals surface area contributed by atoms with Gasteiger partial charge in [0, 0.05) is 19.1 Å². The molecule has 0 saturated carbocycles. The second kappa shape index (κ2) is 6.81. The van der Waals surface area contributed by atoms with Gasteiger partial charge in [0.2, 0.25) is 11.8 Å². The van der Waals surface area contributed by atoms with Crippen molar-refractivity contribution < 1.29 is 14.3 Å². The third kappa shape index (κ3) is 3.87. The lowest BCUT2D eigenvalue weighted by molar-refractivity contribution is -0.128. The zero-order chi connectivity index (χ0) is 13.7. The van der Waals surface area contributed by atoms with Crippen molar-refractivity contribution in [3.05, 3.63) is 16.5 Å². The van der Waals surface area contributed by atoms with Gasteiger partial charge in [-0.1, -0.05) is 0 Å². The second-order valence-electron chi connectivity index (χ2n) is 4.25. The fourth-order valence-electron chi connectivity index (χ4n) is 1.94. The number of carbonyl (C=O) groups excluding carboxylic acids is 1. The molecule has 1 aliphatic heterocycles. The van der Waals surface area contributed by atoms with Gasteiger partial charge in [-0.3, -0.25) is 9.78 Å². The Morgan fingerprint density at radius 3 is 3.00 bits per heavy atom. The number of nitrogens with one attached hydrogen (secondary N) is 1. The molecule has 0 bridgehead atoms. The van der Waals surface area contributed by atoms with E-state index in [-0.39, 0.29) is 11.8 Å². The van der Waals surface area contributed by atoms with Crippen LogP contribution >= 0.6 is 15.9 Å². The van der Waals surface area contributed by atoms with Gasteiger partial charge in [-0.05, 0) is 28.8 Å². The van der Waals surface area contributed by atoms with Gasteiger partial charge in [0.1, 0.15) is 10.3 Å². The summed E-state index contributed by atoms with van der Waals surface area (Å²) in [6.45, 7) is 1.62. The molecule has 7 heteroatoms. The Hall–Kier alpha value is -1.21. The van der Waals surface area contributed by atoms with Crippen molar-refractivity contribution in [3.8, 4) is 5.88 Å². The van der Waals surface area contributed by atoms with Crippen molar-refractivity contribution in [1.29, 1.82) is 0 Å². The first-order valence-electron chi connectivity index (χ1n) is 6.11. The van der Waals surface area contributed by atoms with Crippen molar-refractivity contribution in [2.24, 2.45) is 5.92 Å². The van der Waals surface area contributed by atoms with E-state index >= 15 is 0 Å². The Morgan fingerprint density at radius 2 is 2.32 bits per heavy atom. The van der Waals surface area contributed by atoms with Crippen LogP contribution in [0.5, 0.6) is 5.88 Å². The van der Waals surface area contributed by atoms with Crippen LogP contribution in [0.4, 0.5) is 0 Å². The zero-order valence-electron chi connectivity index (χ0n) is 10.7.